The Hall–Kier alpha value is -1.62. The molecule has 0 spiro atoms. The largest absolute Gasteiger partial charge is 0.480 e. The van der Waals surface area contributed by atoms with E-state index in [2.05, 4.69) is 4.98 Å². The minimum Gasteiger partial charge on any atom is -0.480 e. The summed E-state index contributed by atoms with van der Waals surface area (Å²) in [7, 11) is 1.54. The molecule has 104 valence electrons. The molecule has 0 bridgehead atoms. The summed E-state index contributed by atoms with van der Waals surface area (Å²) in [6.07, 6.45) is 5.69. The van der Waals surface area contributed by atoms with Crippen LogP contribution in [0.2, 0.25) is 0 Å². The van der Waals surface area contributed by atoms with Crippen LogP contribution < -0.4 is 10.5 Å². The van der Waals surface area contributed by atoms with Crippen LogP contribution in [0.5, 0.6) is 5.88 Å². The summed E-state index contributed by atoms with van der Waals surface area (Å²) in [6.45, 7) is 1.49. The first-order valence-corrected chi connectivity index (χ1v) is 6.78. The normalized spacial score (nSPS) is 18.6. The first-order chi connectivity index (χ1) is 9.27. The van der Waals surface area contributed by atoms with Gasteiger partial charge in [0.15, 0.2) is 0 Å². The first kappa shape index (κ1) is 13.8. The van der Waals surface area contributed by atoms with Gasteiger partial charge < -0.3 is 15.4 Å². The van der Waals surface area contributed by atoms with E-state index >= 15 is 0 Å². The van der Waals surface area contributed by atoms with Crippen molar-refractivity contribution in [2.24, 2.45) is 5.73 Å². The number of ether oxygens (including phenoxy) is 1. The van der Waals surface area contributed by atoms with E-state index in [1.807, 2.05) is 4.90 Å². The molecule has 0 aromatic carbocycles. The number of methoxy groups -OCH3 is 1. The molecule has 1 fully saturated rings. The van der Waals surface area contributed by atoms with Crippen LogP contribution in [0.3, 0.4) is 0 Å². The third-order valence-electron chi connectivity index (χ3n) is 3.57. The molecular formula is C14H21N3O2. The van der Waals surface area contributed by atoms with Crippen molar-refractivity contribution in [2.75, 3.05) is 20.2 Å². The average Bonchev–Trinajstić information content (AvgIpc) is 2.92. The minimum atomic E-state index is 0.0180. The number of carbonyl (C=O) groups excluding carboxylic acids is 1. The van der Waals surface area contributed by atoms with Gasteiger partial charge in [0.2, 0.25) is 5.88 Å². The lowest BCUT2D eigenvalue weighted by Gasteiger charge is -2.25. The average molecular weight is 263 g/mol. The van der Waals surface area contributed by atoms with Crippen LogP contribution in [-0.2, 0) is 0 Å². The quantitative estimate of drug-likeness (QED) is 0.872. The molecule has 19 heavy (non-hydrogen) atoms. The molecule has 2 rings (SSSR count). The van der Waals surface area contributed by atoms with Crippen molar-refractivity contribution in [3.63, 3.8) is 0 Å². The number of likely N-dealkylation sites (tertiary alicyclic amines) is 1. The molecule has 1 atom stereocenters. The molecule has 5 nitrogen and oxygen atoms in total. The Morgan fingerprint density at radius 1 is 1.63 bits per heavy atom. The smallest absolute Gasteiger partial charge is 0.259 e. The van der Waals surface area contributed by atoms with Crippen LogP contribution in [-0.4, -0.2) is 42.0 Å². The maximum absolute atomic E-state index is 12.6. The summed E-state index contributed by atoms with van der Waals surface area (Å²) < 4.78 is 5.16. The lowest BCUT2D eigenvalue weighted by atomic mass is 10.1. The second-order valence-corrected chi connectivity index (χ2v) is 4.79. The van der Waals surface area contributed by atoms with Crippen LogP contribution in [0.1, 0.15) is 36.0 Å². The summed E-state index contributed by atoms with van der Waals surface area (Å²) in [5.41, 5.74) is 6.10. The van der Waals surface area contributed by atoms with Gasteiger partial charge in [-0.15, -0.1) is 0 Å². The van der Waals surface area contributed by atoms with Crippen LogP contribution in [0, 0.1) is 0 Å². The van der Waals surface area contributed by atoms with Crippen molar-refractivity contribution in [2.45, 2.75) is 31.7 Å². The number of aromatic nitrogens is 1. The topological polar surface area (TPSA) is 68.5 Å². The number of amides is 1. The number of rotatable bonds is 5. The highest BCUT2D eigenvalue weighted by Crippen LogP contribution is 2.25. The Morgan fingerprint density at radius 3 is 3.21 bits per heavy atom. The maximum Gasteiger partial charge on any atom is 0.259 e. The molecule has 5 heteroatoms. The Labute approximate surface area is 113 Å². The molecule has 1 aromatic heterocycles. The molecule has 1 aromatic rings. The van der Waals surface area contributed by atoms with Crippen LogP contribution in [0.15, 0.2) is 18.3 Å². The molecule has 2 N–H and O–H groups in total. The van der Waals surface area contributed by atoms with E-state index in [4.69, 9.17) is 10.5 Å². The molecule has 1 amide bonds. The molecule has 1 aliphatic heterocycles. The number of hydrogen-bond acceptors (Lipinski definition) is 4. The molecular weight excluding hydrogens is 242 g/mol. The Kier molecular flexibility index (Phi) is 4.74. The monoisotopic (exact) mass is 263 g/mol. The molecule has 0 aliphatic carbocycles. The SMILES string of the molecule is COc1ncccc1C(=O)N1CCCC1CCCN. The summed E-state index contributed by atoms with van der Waals surface area (Å²) in [4.78, 5) is 18.6. The van der Waals surface area contributed by atoms with Gasteiger partial charge in [-0.05, 0) is 44.4 Å². The van der Waals surface area contributed by atoms with Crippen LogP contribution in [0.25, 0.3) is 0 Å². The summed E-state index contributed by atoms with van der Waals surface area (Å²) >= 11 is 0. The van der Waals surface area contributed by atoms with E-state index in [1.54, 1.807) is 18.3 Å². The standard InChI is InChI=1S/C14H21N3O2/c1-19-13-12(7-3-9-16-13)14(18)17-10-4-6-11(17)5-2-8-15/h3,7,9,11H,2,4-6,8,10,15H2,1H3. The molecule has 0 radical (unpaired) electrons. The summed E-state index contributed by atoms with van der Waals surface area (Å²) in [5, 5.41) is 0. The van der Waals surface area contributed by atoms with E-state index in [9.17, 15) is 4.79 Å². The Balaban J connectivity index is 2.13. The summed E-state index contributed by atoms with van der Waals surface area (Å²) in [5.74, 6) is 0.418. The summed E-state index contributed by atoms with van der Waals surface area (Å²) in [6, 6.07) is 3.84. The predicted molar refractivity (Wildman–Crippen MR) is 73.1 cm³/mol. The second-order valence-electron chi connectivity index (χ2n) is 4.79. The highest BCUT2D eigenvalue weighted by molar-refractivity contribution is 5.96. The fourth-order valence-corrected chi connectivity index (χ4v) is 2.63. The van der Waals surface area contributed by atoms with Crippen molar-refractivity contribution in [3.8, 4) is 5.88 Å². The van der Waals surface area contributed by atoms with Crippen molar-refractivity contribution in [1.82, 2.24) is 9.88 Å². The predicted octanol–water partition coefficient (Wildman–Crippen LogP) is 1.43. The highest BCUT2D eigenvalue weighted by atomic mass is 16.5. The Morgan fingerprint density at radius 2 is 2.47 bits per heavy atom. The van der Waals surface area contributed by atoms with Crippen LogP contribution >= 0.6 is 0 Å². The number of nitrogens with two attached hydrogens (primary N) is 1. The number of nitrogens with zero attached hydrogens (tertiary/aromatic N) is 2. The van der Waals surface area contributed by atoms with Gasteiger partial charge in [-0.3, -0.25) is 4.79 Å². The van der Waals surface area contributed by atoms with Crippen molar-refractivity contribution < 1.29 is 9.53 Å². The van der Waals surface area contributed by atoms with E-state index in [0.717, 1.165) is 32.2 Å². The molecule has 1 unspecified atom stereocenters. The van der Waals surface area contributed by atoms with Gasteiger partial charge in [0, 0.05) is 18.8 Å². The van der Waals surface area contributed by atoms with Gasteiger partial charge in [-0.1, -0.05) is 0 Å². The highest BCUT2D eigenvalue weighted by Gasteiger charge is 2.30. The lowest BCUT2D eigenvalue weighted by molar-refractivity contribution is 0.0725. The number of hydrogen-bond donors (Lipinski definition) is 1. The fraction of sp³-hybridized carbons (Fsp3) is 0.571. The molecule has 1 saturated heterocycles. The van der Waals surface area contributed by atoms with E-state index in [-0.39, 0.29) is 5.91 Å². The minimum absolute atomic E-state index is 0.0180. The third-order valence-corrected chi connectivity index (χ3v) is 3.57. The van der Waals surface area contributed by atoms with E-state index in [1.165, 1.54) is 7.11 Å². The van der Waals surface area contributed by atoms with E-state index < -0.39 is 0 Å². The Bertz CT molecular complexity index is 436. The molecule has 0 saturated carbocycles. The maximum atomic E-state index is 12.6. The third kappa shape index (κ3) is 3.04. The number of carbonyl (C=O) groups is 1. The molecule has 1 aliphatic rings. The zero-order chi connectivity index (χ0) is 13.7. The second kappa shape index (κ2) is 6.52. The van der Waals surface area contributed by atoms with Crippen molar-refractivity contribution in [1.29, 1.82) is 0 Å². The van der Waals surface area contributed by atoms with Crippen LogP contribution in [0.4, 0.5) is 0 Å². The van der Waals surface area contributed by atoms with Gasteiger partial charge in [0.05, 0.1) is 7.11 Å². The fourth-order valence-electron chi connectivity index (χ4n) is 2.63. The lowest BCUT2D eigenvalue weighted by Crippen LogP contribution is -2.36. The van der Waals surface area contributed by atoms with Gasteiger partial charge >= 0.3 is 0 Å². The van der Waals surface area contributed by atoms with Gasteiger partial charge in [-0.2, -0.15) is 0 Å². The van der Waals surface area contributed by atoms with Gasteiger partial charge in [0.1, 0.15) is 5.56 Å². The molecule has 2 heterocycles. The van der Waals surface area contributed by atoms with Crippen molar-refractivity contribution in [3.05, 3.63) is 23.9 Å². The zero-order valence-corrected chi connectivity index (χ0v) is 11.3. The number of pyridine rings is 1. The van der Waals surface area contributed by atoms with Gasteiger partial charge in [-0.25, -0.2) is 4.98 Å². The zero-order valence-electron chi connectivity index (χ0n) is 11.3. The van der Waals surface area contributed by atoms with Crippen molar-refractivity contribution >= 4 is 5.91 Å². The van der Waals surface area contributed by atoms with Gasteiger partial charge in [0.25, 0.3) is 5.91 Å². The van der Waals surface area contributed by atoms with E-state index in [0.29, 0.717) is 24.0 Å². The first-order valence-electron chi connectivity index (χ1n) is 6.78.